The minimum absolute atomic E-state index is 0.265. The van der Waals surface area contributed by atoms with Crippen molar-refractivity contribution in [3.8, 4) is 5.75 Å². The van der Waals surface area contributed by atoms with E-state index in [0.717, 1.165) is 44.4 Å². The Bertz CT molecular complexity index is 725. The van der Waals surface area contributed by atoms with Crippen molar-refractivity contribution in [3.05, 3.63) is 41.5 Å². The Hall–Kier alpha value is -1.65. The number of benzene rings is 1. The highest BCUT2D eigenvalue weighted by Crippen LogP contribution is 2.45. The Morgan fingerprint density at radius 3 is 2.57 bits per heavy atom. The van der Waals surface area contributed by atoms with Crippen molar-refractivity contribution in [2.24, 2.45) is 0 Å². The molecule has 4 heteroatoms. The minimum atomic E-state index is 0.265. The molecule has 4 nitrogen and oxygen atoms in total. The third-order valence-corrected chi connectivity index (χ3v) is 7.07. The van der Waals surface area contributed by atoms with Gasteiger partial charge in [-0.1, -0.05) is 17.7 Å². The molecule has 3 aliphatic rings. The van der Waals surface area contributed by atoms with Crippen LogP contribution in [0.3, 0.4) is 0 Å². The summed E-state index contributed by atoms with van der Waals surface area (Å²) in [5, 5.41) is 0. The van der Waals surface area contributed by atoms with Crippen molar-refractivity contribution in [1.29, 1.82) is 0 Å². The van der Waals surface area contributed by atoms with Crippen LogP contribution in [0, 0.1) is 0 Å². The van der Waals surface area contributed by atoms with E-state index in [9.17, 15) is 4.79 Å². The highest BCUT2D eigenvalue weighted by Gasteiger charge is 2.53. The molecule has 2 aliphatic heterocycles. The Kier molecular flexibility index (Phi) is 5.62. The van der Waals surface area contributed by atoms with Crippen molar-refractivity contribution in [2.75, 3.05) is 26.7 Å². The van der Waals surface area contributed by atoms with Crippen LogP contribution in [0.5, 0.6) is 5.75 Å². The largest absolute Gasteiger partial charge is 0.490 e. The molecule has 0 N–H and O–H groups in total. The van der Waals surface area contributed by atoms with Crippen LogP contribution >= 0.6 is 0 Å². The lowest BCUT2D eigenvalue weighted by molar-refractivity contribution is -0.123. The number of hydrogen-bond acceptors (Lipinski definition) is 4. The van der Waals surface area contributed by atoms with Gasteiger partial charge >= 0.3 is 0 Å². The summed E-state index contributed by atoms with van der Waals surface area (Å²) in [6, 6.07) is 9.84. The van der Waals surface area contributed by atoms with E-state index in [-0.39, 0.29) is 5.54 Å². The molecule has 4 rings (SSSR count). The molecule has 1 spiro atoms. The van der Waals surface area contributed by atoms with Crippen LogP contribution in [-0.4, -0.2) is 59.9 Å². The molecular formula is C24H34N2O2. The number of rotatable bonds is 5. The number of carbonyl (C=O) groups excluding carboxylic acids is 1. The molecule has 2 bridgehead atoms. The number of fused-ring (bicyclic) bond motifs is 3. The molecule has 0 aromatic heterocycles. The van der Waals surface area contributed by atoms with Gasteiger partial charge in [0.15, 0.2) is 0 Å². The van der Waals surface area contributed by atoms with Gasteiger partial charge in [-0.05, 0) is 70.4 Å². The van der Waals surface area contributed by atoms with Crippen LogP contribution in [0.15, 0.2) is 35.9 Å². The highest BCUT2D eigenvalue weighted by molar-refractivity contribution is 5.79. The third-order valence-electron chi connectivity index (χ3n) is 7.07. The Labute approximate surface area is 169 Å². The lowest BCUT2D eigenvalue weighted by Crippen LogP contribution is -2.57. The molecule has 0 radical (unpaired) electrons. The molecular weight excluding hydrogens is 348 g/mol. The third kappa shape index (κ3) is 4.04. The summed E-state index contributed by atoms with van der Waals surface area (Å²) >= 11 is 0. The van der Waals surface area contributed by atoms with Gasteiger partial charge in [-0.2, -0.15) is 0 Å². The molecule has 1 aromatic carbocycles. The molecule has 1 unspecified atom stereocenters. The van der Waals surface area contributed by atoms with Crippen LogP contribution in [0.25, 0.3) is 0 Å². The number of hydrogen-bond donors (Lipinski definition) is 0. The van der Waals surface area contributed by atoms with Crippen molar-refractivity contribution < 1.29 is 9.53 Å². The van der Waals surface area contributed by atoms with Crippen LogP contribution in [0.2, 0.25) is 0 Å². The number of allylic oxidation sites excluding steroid dienone is 1. The number of ketones is 1. The smallest absolute Gasteiger partial charge is 0.133 e. The number of likely N-dealkylation sites (N-methyl/N-ethyl adjacent to an activating group) is 1. The fraction of sp³-hybridized carbons (Fsp3) is 0.625. The highest BCUT2D eigenvalue weighted by atomic mass is 16.5. The second-order valence-electron chi connectivity index (χ2n) is 9.31. The van der Waals surface area contributed by atoms with Gasteiger partial charge in [0.2, 0.25) is 0 Å². The molecule has 3 atom stereocenters. The summed E-state index contributed by atoms with van der Waals surface area (Å²) in [5.74, 6) is 1.40. The molecule has 2 saturated heterocycles. The number of nitrogens with zero attached hydrogens (tertiary/aromatic N) is 2. The first-order chi connectivity index (χ1) is 13.4. The Morgan fingerprint density at radius 1 is 1.18 bits per heavy atom. The molecule has 2 heterocycles. The standard InChI is InChI=1S/C24H34N2O2/c1-18(2)10-13-28-23-6-4-19(5-7-23)14-20-16-25(3)21-15-24(26(20)17-21)11-8-22(27)9-12-24/h4-7,10,20-21H,8-9,11-17H2,1-3H3/t20-,21+/m0/s1. The second-order valence-corrected chi connectivity index (χ2v) is 9.31. The van der Waals surface area contributed by atoms with Crippen LogP contribution in [-0.2, 0) is 11.2 Å². The molecule has 1 saturated carbocycles. The first-order valence-corrected chi connectivity index (χ1v) is 10.8. The van der Waals surface area contributed by atoms with Crippen LogP contribution < -0.4 is 4.74 Å². The quantitative estimate of drug-likeness (QED) is 0.725. The van der Waals surface area contributed by atoms with Crippen LogP contribution in [0.1, 0.15) is 51.5 Å². The molecule has 1 aliphatic carbocycles. The number of piperazine rings is 1. The predicted octanol–water partition coefficient (Wildman–Crippen LogP) is 3.84. The van der Waals surface area contributed by atoms with Gasteiger partial charge < -0.3 is 9.64 Å². The maximum atomic E-state index is 11.8. The SMILES string of the molecule is CC(C)=CCOc1ccc(C[C@H]2CN(C)[C@H]3CN2C2(CCC(=O)CC2)C3)cc1. The summed E-state index contributed by atoms with van der Waals surface area (Å²) in [4.78, 5) is 17.2. The number of ether oxygens (including phenoxy) is 1. The fourth-order valence-corrected chi connectivity index (χ4v) is 5.41. The topological polar surface area (TPSA) is 32.8 Å². The summed E-state index contributed by atoms with van der Waals surface area (Å²) in [6.45, 7) is 7.10. The zero-order valence-corrected chi connectivity index (χ0v) is 17.6. The van der Waals surface area contributed by atoms with E-state index in [2.05, 4.69) is 61.0 Å². The van der Waals surface area contributed by atoms with Crippen LogP contribution in [0.4, 0.5) is 0 Å². The molecule has 28 heavy (non-hydrogen) atoms. The van der Waals surface area contributed by atoms with Gasteiger partial charge in [0.25, 0.3) is 0 Å². The van der Waals surface area contributed by atoms with E-state index >= 15 is 0 Å². The molecule has 3 fully saturated rings. The van der Waals surface area contributed by atoms with Gasteiger partial charge in [0.1, 0.15) is 18.1 Å². The van der Waals surface area contributed by atoms with Gasteiger partial charge in [-0.3, -0.25) is 9.69 Å². The number of carbonyl (C=O) groups is 1. The Morgan fingerprint density at radius 2 is 1.89 bits per heavy atom. The van der Waals surface area contributed by atoms with Crippen molar-refractivity contribution >= 4 is 5.78 Å². The summed E-state index contributed by atoms with van der Waals surface area (Å²) in [5.41, 5.74) is 2.92. The fourth-order valence-electron chi connectivity index (χ4n) is 5.41. The summed E-state index contributed by atoms with van der Waals surface area (Å²) < 4.78 is 5.80. The molecule has 152 valence electrons. The zero-order valence-electron chi connectivity index (χ0n) is 17.6. The normalized spacial score (nSPS) is 29.1. The maximum Gasteiger partial charge on any atom is 0.133 e. The maximum absolute atomic E-state index is 11.8. The van der Waals surface area contributed by atoms with E-state index < -0.39 is 0 Å². The monoisotopic (exact) mass is 382 g/mol. The molecule has 1 aromatic rings. The molecule has 0 amide bonds. The van der Waals surface area contributed by atoms with Gasteiger partial charge in [-0.15, -0.1) is 0 Å². The van der Waals surface area contributed by atoms with Crippen molar-refractivity contribution in [1.82, 2.24) is 9.80 Å². The van der Waals surface area contributed by atoms with E-state index in [4.69, 9.17) is 4.74 Å². The lowest BCUT2D eigenvalue weighted by atomic mass is 9.78. The average Bonchev–Trinajstić information content (AvgIpc) is 2.99. The second kappa shape index (κ2) is 8.00. The van der Waals surface area contributed by atoms with E-state index in [1.54, 1.807) is 0 Å². The summed E-state index contributed by atoms with van der Waals surface area (Å²) in [7, 11) is 2.28. The lowest BCUT2D eigenvalue weighted by Gasteiger charge is -2.46. The van der Waals surface area contributed by atoms with E-state index in [0.29, 0.717) is 24.5 Å². The average molecular weight is 383 g/mol. The summed E-state index contributed by atoms with van der Waals surface area (Å²) in [6.07, 6.45) is 8.08. The van der Waals surface area contributed by atoms with Gasteiger partial charge in [-0.25, -0.2) is 0 Å². The van der Waals surface area contributed by atoms with Crippen molar-refractivity contribution in [2.45, 2.75) is 70.0 Å². The van der Waals surface area contributed by atoms with Gasteiger partial charge in [0.05, 0.1) is 0 Å². The van der Waals surface area contributed by atoms with E-state index in [1.807, 2.05) is 0 Å². The Balaban J connectivity index is 1.43. The first kappa shape index (κ1) is 19.7. The minimum Gasteiger partial charge on any atom is -0.490 e. The predicted molar refractivity (Wildman–Crippen MR) is 113 cm³/mol. The van der Waals surface area contributed by atoms with Gasteiger partial charge in [0, 0.05) is 43.6 Å². The first-order valence-electron chi connectivity index (χ1n) is 10.8. The van der Waals surface area contributed by atoms with Crippen molar-refractivity contribution in [3.63, 3.8) is 0 Å². The number of Topliss-reactive ketones (excluding diaryl/α,β-unsaturated/α-hetero) is 1. The van der Waals surface area contributed by atoms with E-state index in [1.165, 1.54) is 24.1 Å². The zero-order chi connectivity index (χ0) is 19.7.